The monoisotopic (exact) mass is 313 g/mol. The molecule has 0 spiro atoms. The Hall–Kier alpha value is -2.16. The predicted molar refractivity (Wildman–Crippen MR) is 76.9 cm³/mol. The summed E-state index contributed by atoms with van der Waals surface area (Å²) in [5.41, 5.74) is 5.01. The van der Waals surface area contributed by atoms with E-state index in [4.69, 9.17) is 5.73 Å². The van der Waals surface area contributed by atoms with Gasteiger partial charge in [-0.05, 0) is 25.0 Å². The zero-order valence-electron chi connectivity index (χ0n) is 11.1. The minimum Gasteiger partial charge on any atom is -0.376 e. The van der Waals surface area contributed by atoms with Crippen LogP contribution in [0.5, 0.6) is 0 Å². The lowest BCUT2D eigenvalue weighted by Crippen LogP contribution is -2.35. The van der Waals surface area contributed by atoms with Gasteiger partial charge in [-0.3, -0.25) is 14.9 Å². The molecule has 114 valence electrons. The van der Waals surface area contributed by atoms with Crippen molar-refractivity contribution in [3.05, 3.63) is 33.9 Å². The van der Waals surface area contributed by atoms with Gasteiger partial charge in [0.25, 0.3) is 5.69 Å². The molecule has 0 saturated carbocycles. The van der Waals surface area contributed by atoms with Crippen molar-refractivity contribution in [2.45, 2.75) is 18.9 Å². The van der Waals surface area contributed by atoms with Crippen LogP contribution in [0.4, 0.5) is 11.4 Å². The zero-order valence-corrected chi connectivity index (χ0v) is 11.9. The van der Waals surface area contributed by atoms with Crippen molar-refractivity contribution in [1.29, 1.82) is 0 Å². The first kappa shape index (κ1) is 15.2. The third-order valence-corrected chi connectivity index (χ3v) is 5.12. The van der Waals surface area contributed by atoms with Crippen LogP contribution < -0.4 is 11.1 Å². The van der Waals surface area contributed by atoms with Crippen LogP contribution in [-0.4, -0.2) is 36.8 Å². The smallest absolute Gasteiger partial charge is 0.293 e. The van der Waals surface area contributed by atoms with E-state index in [1.165, 1.54) is 12.1 Å². The van der Waals surface area contributed by atoms with Gasteiger partial charge in [-0.15, -0.1) is 0 Å². The molecule has 0 bridgehead atoms. The number of benzene rings is 1. The van der Waals surface area contributed by atoms with Gasteiger partial charge in [0.15, 0.2) is 9.84 Å². The largest absolute Gasteiger partial charge is 0.376 e. The van der Waals surface area contributed by atoms with Gasteiger partial charge in [0.1, 0.15) is 5.69 Å². The number of hydrogen-bond donors (Lipinski definition) is 2. The first-order chi connectivity index (χ1) is 9.78. The molecule has 2 rings (SSSR count). The molecule has 1 saturated heterocycles. The number of nitro groups is 1. The molecule has 1 aromatic carbocycles. The summed E-state index contributed by atoms with van der Waals surface area (Å²) >= 11 is 0. The van der Waals surface area contributed by atoms with E-state index in [0.717, 1.165) is 6.07 Å². The zero-order chi connectivity index (χ0) is 15.6. The number of carbonyl (C=O) groups excluding carboxylic acids is 1. The molecule has 1 atom stereocenters. The molecule has 0 radical (unpaired) electrons. The maximum atomic E-state index is 11.6. The normalized spacial score (nSPS) is 20.7. The van der Waals surface area contributed by atoms with Gasteiger partial charge in [0.2, 0.25) is 5.91 Å². The van der Waals surface area contributed by atoms with E-state index in [1.54, 1.807) is 0 Å². The number of nitro benzene ring substituents is 1. The van der Waals surface area contributed by atoms with E-state index in [1.807, 2.05) is 0 Å². The lowest BCUT2D eigenvalue weighted by molar-refractivity contribution is -0.384. The topological polar surface area (TPSA) is 132 Å². The Bertz CT molecular complexity index is 686. The molecule has 8 nitrogen and oxygen atoms in total. The van der Waals surface area contributed by atoms with E-state index < -0.39 is 20.7 Å². The fraction of sp³-hybridized carbons (Fsp3) is 0.417. The Morgan fingerprint density at radius 2 is 2.14 bits per heavy atom. The van der Waals surface area contributed by atoms with Crippen LogP contribution in [0.3, 0.4) is 0 Å². The summed E-state index contributed by atoms with van der Waals surface area (Å²) in [6, 6.07) is 3.46. The fourth-order valence-corrected chi connectivity index (χ4v) is 3.95. The Balaban J connectivity index is 2.27. The molecular formula is C12H15N3O5S. The summed E-state index contributed by atoms with van der Waals surface area (Å²) in [7, 11) is -3.11. The highest BCUT2D eigenvalue weighted by atomic mass is 32.2. The molecule has 21 heavy (non-hydrogen) atoms. The van der Waals surface area contributed by atoms with Crippen LogP contribution >= 0.6 is 0 Å². The van der Waals surface area contributed by atoms with Gasteiger partial charge in [0, 0.05) is 17.7 Å². The Morgan fingerprint density at radius 3 is 2.71 bits per heavy atom. The second-order valence-corrected chi connectivity index (χ2v) is 7.18. The fourth-order valence-electron chi connectivity index (χ4n) is 2.31. The average Bonchev–Trinajstić information content (AvgIpc) is 2.37. The summed E-state index contributed by atoms with van der Waals surface area (Å²) in [6.07, 6.45) is 1.14. The molecule has 1 aromatic rings. The highest BCUT2D eigenvalue weighted by Crippen LogP contribution is 2.28. The summed E-state index contributed by atoms with van der Waals surface area (Å²) in [4.78, 5) is 21.5. The average molecular weight is 313 g/mol. The van der Waals surface area contributed by atoms with Crippen molar-refractivity contribution < 1.29 is 18.1 Å². The Morgan fingerprint density at radius 1 is 1.43 bits per heavy atom. The van der Waals surface area contributed by atoms with Crippen molar-refractivity contribution in [1.82, 2.24) is 0 Å². The van der Waals surface area contributed by atoms with E-state index in [9.17, 15) is 23.3 Å². The summed E-state index contributed by atoms with van der Waals surface area (Å²) in [5.74, 6) is -0.666. The summed E-state index contributed by atoms with van der Waals surface area (Å²) in [5, 5.41) is 13.9. The van der Waals surface area contributed by atoms with Crippen LogP contribution in [0, 0.1) is 10.1 Å². The van der Waals surface area contributed by atoms with Crippen LogP contribution in [0.25, 0.3) is 0 Å². The number of anilines is 1. The van der Waals surface area contributed by atoms with Crippen LogP contribution in [0.2, 0.25) is 0 Å². The highest BCUT2D eigenvalue weighted by molar-refractivity contribution is 7.91. The third-order valence-electron chi connectivity index (χ3n) is 3.30. The number of nitrogens with zero attached hydrogens (tertiary/aromatic N) is 1. The van der Waals surface area contributed by atoms with Gasteiger partial charge >= 0.3 is 0 Å². The number of amides is 1. The van der Waals surface area contributed by atoms with Crippen molar-refractivity contribution in [2.24, 2.45) is 5.73 Å². The number of rotatable bonds is 4. The Labute approximate surface area is 121 Å². The minimum atomic E-state index is -3.11. The number of nitrogens with one attached hydrogen (secondary N) is 1. The van der Waals surface area contributed by atoms with E-state index in [-0.39, 0.29) is 34.5 Å². The SMILES string of the molecule is NC(=O)c1ccc(NC2CCCS(=O)(=O)C2)c([N+](=O)[O-])c1. The van der Waals surface area contributed by atoms with Crippen molar-refractivity contribution in [3.8, 4) is 0 Å². The van der Waals surface area contributed by atoms with Gasteiger partial charge in [-0.25, -0.2) is 8.42 Å². The second-order valence-electron chi connectivity index (χ2n) is 4.95. The number of sulfone groups is 1. The van der Waals surface area contributed by atoms with E-state index in [2.05, 4.69) is 5.32 Å². The molecule has 0 aliphatic carbocycles. The molecule has 1 unspecified atom stereocenters. The number of primary amides is 1. The quantitative estimate of drug-likeness (QED) is 0.620. The molecule has 1 aliphatic rings. The van der Waals surface area contributed by atoms with Crippen molar-refractivity contribution in [3.63, 3.8) is 0 Å². The Kier molecular flexibility index (Phi) is 4.12. The number of hydrogen-bond acceptors (Lipinski definition) is 6. The van der Waals surface area contributed by atoms with E-state index in [0.29, 0.717) is 12.8 Å². The molecule has 1 amide bonds. The molecule has 3 N–H and O–H groups in total. The molecular weight excluding hydrogens is 298 g/mol. The first-order valence-electron chi connectivity index (χ1n) is 6.34. The maximum Gasteiger partial charge on any atom is 0.293 e. The van der Waals surface area contributed by atoms with Crippen LogP contribution in [-0.2, 0) is 9.84 Å². The van der Waals surface area contributed by atoms with Crippen LogP contribution in [0.15, 0.2) is 18.2 Å². The maximum absolute atomic E-state index is 11.6. The standard InChI is InChI=1S/C12H15N3O5S/c13-12(16)8-3-4-10(11(6-8)15(17)18)14-9-2-1-5-21(19,20)7-9/h3-4,6,9,14H,1-2,5,7H2,(H2,13,16). The van der Waals surface area contributed by atoms with Crippen molar-refractivity contribution in [2.75, 3.05) is 16.8 Å². The first-order valence-corrected chi connectivity index (χ1v) is 8.16. The van der Waals surface area contributed by atoms with Gasteiger partial charge in [-0.1, -0.05) is 0 Å². The van der Waals surface area contributed by atoms with Gasteiger partial charge in [0.05, 0.1) is 16.4 Å². The molecule has 1 fully saturated rings. The number of carbonyl (C=O) groups is 1. The van der Waals surface area contributed by atoms with Gasteiger partial charge < -0.3 is 11.1 Å². The van der Waals surface area contributed by atoms with E-state index >= 15 is 0 Å². The number of nitrogens with two attached hydrogens (primary N) is 1. The second kappa shape index (κ2) is 5.68. The molecule has 0 aromatic heterocycles. The summed E-state index contributed by atoms with van der Waals surface area (Å²) < 4.78 is 23.2. The molecule has 1 aliphatic heterocycles. The lowest BCUT2D eigenvalue weighted by atomic mass is 10.1. The van der Waals surface area contributed by atoms with Gasteiger partial charge in [-0.2, -0.15) is 0 Å². The predicted octanol–water partition coefficient (Wildman–Crippen LogP) is 0.683. The van der Waals surface area contributed by atoms with Crippen molar-refractivity contribution >= 4 is 27.1 Å². The molecule has 9 heteroatoms. The summed E-state index contributed by atoms with van der Waals surface area (Å²) in [6.45, 7) is 0. The van der Waals surface area contributed by atoms with Crippen LogP contribution in [0.1, 0.15) is 23.2 Å². The lowest BCUT2D eigenvalue weighted by Gasteiger charge is -2.23. The molecule has 1 heterocycles. The third kappa shape index (κ3) is 3.69. The highest BCUT2D eigenvalue weighted by Gasteiger charge is 2.26. The minimum absolute atomic E-state index is 0.0310.